The van der Waals surface area contributed by atoms with Gasteiger partial charge in [-0.05, 0) is 48.9 Å². The Kier molecular flexibility index (Phi) is 5.25. The number of hydrogen-bond acceptors (Lipinski definition) is 2. The van der Waals surface area contributed by atoms with E-state index < -0.39 is 0 Å². The Labute approximate surface area is 145 Å². The van der Waals surface area contributed by atoms with E-state index in [0.29, 0.717) is 5.92 Å². The number of hydrogen-bond donors (Lipinski definition) is 0. The lowest BCUT2D eigenvalue weighted by Crippen LogP contribution is -2.21. The lowest BCUT2D eigenvalue weighted by Gasteiger charge is -2.27. The lowest BCUT2D eigenvalue weighted by atomic mass is 9.78. The second-order valence-electron chi connectivity index (χ2n) is 7.38. The van der Waals surface area contributed by atoms with Crippen LogP contribution < -0.4 is 4.74 Å². The topological polar surface area (TPSA) is 18.5 Å². The Bertz CT molecular complexity index is 635. The average Bonchev–Trinajstić information content (AvgIpc) is 2.61. The second-order valence-corrected chi connectivity index (χ2v) is 7.38. The molecule has 0 saturated carbocycles. The van der Waals surface area contributed by atoms with Gasteiger partial charge in [0.1, 0.15) is 5.75 Å². The van der Waals surface area contributed by atoms with E-state index >= 15 is 0 Å². The molecule has 1 fully saturated rings. The van der Waals surface area contributed by atoms with Crippen LogP contribution in [0, 0.1) is 12.8 Å². The van der Waals surface area contributed by atoms with Crippen LogP contribution >= 0.6 is 0 Å². The summed E-state index contributed by atoms with van der Waals surface area (Å²) in [7, 11) is 0. The minimum absolute atomic E-state index is 0.00701. The maximum atomic E-state index is 5.98. The zero-order chi connectivity index (χ0) is 17.0. The van der Waals surface area contributed by atoms with Gasteiger partial charge in [0.25, 0.3) is 0 Å². The molecule has 0 atom stereocenters. The molecule has 0 radical (unpaired) electrons. The first-order chi connectivity index (χ1) is 11.6. The summed E-state index contributed by atoms with van der Waals surface area (Å²) in [6.07, 6.45) is 2.22. The van der Waals surface area contributed by atoms with Crippen molar-refractivity contribution in [2.75, 3.05) is 19.8 Å². The minimum Gasteiger partial charge on any atom is -0.493 e. The predicted octanol–water partition coefficient (Wildman–Crippen LogP) is 5.13. The van der Waals surface area contributed by atoms with Gasteiger partial charge in [-0.2, -0.15) is 0 Å². The fraction of sp³-hybridized carbons (Fsp3) is 0.455. The molecular formula is C22H28O2. The van der Waals surface area contributed by atoms with Gasteiger partial charge in [0.2, 0.25) is 0 Å². The van der Waals surface area contributed by atoms with Gasteiger partial charge in [-0.25, -0.2) is 0 Å². The summed E-state index contributed by atoms with van der Waals surface area (Å²) in [6.45, 7) is 9.21. The van der Waals surface area contributed by atoms with Crippen LogP contribution in [0.2, 0.25) is 0 Å². The Morgan fingerprint density at radius 1 is 0.917 bits per heavy atom. The first-order valence-electron chi connectivity index (χ1n) is 8.94. The van der Waals surface area contributed by atoms with Crippen molar-refractivity contribution in [3.05, 3.63) is 65.2 Å². The van der Waals surface area contributed by atoms with E-state index in [0.717, 1.165) is 38.4 Å². The smallest absolute Gasteiger partial charge is 0.119 e. The number of benzene rings is 2. The molecule has 128 valence electrons. The van der Waals surface area contributed by atoms with E-state index in [9.17, 15) is 0 Å². The van der Waals surface area contributed by atoms with Crippen molar-refractivity contribution in [1.29, 1.82) is 0 Å². The van der Waals surface area contributed by atoms with Crippen molar-refractivity contribution >= 4 is 0 Å². The molecule has 0 N–H and O–H groups in total. The molecule has 0 aromatic heterocycles. The van der Waals surface area contributed by atoms with Crippen molar-refractivity contribution in [3.63, 3.8) is 0 Å². The third-order valence-corrected chi connectivity index (χ3v) is 5.18. The zero-order valence-corrected chi connectivity index (χ0v) is 15.0. The zero-order valence-electron chi connectivity index (χ0n) is 15.0. The van der Waals surface area contributed by atoms with Crippen LogP contribution in [0.5, 0.6) is 5.75 Å². The van der Waals surface area contributed by atoms with Crippen molar-refractivity contribution in [3.8, 4) is 5.75 Å². The van der Waals surface area contributed by atoms with E-state index in [1.807, 2.05) is 0 Å². The molecule has 0 unspecified atom stereocenters. The van der Waals surface area contributed by atoms with Gasteiger partial charge < -0.3 is 9.47 Å². The van der Waals surface area contributed by atoms with Gasteiger partial charge >= 0.3 is 0 Å². The highest BCUT2D eigenvalue weighted by molar-refractivity contribution is 5.40. The summed E-state index contributed by atoms with van der Waals surface area (Å²) in [4.78, 5) is 0. The first kappa shape index (κ1) is 17.0. The average molecular weight is 324 g/mol. The Hall–Kier alpha value is -1.80. The highest BCUT2D eigenvalue weighted by atomic mass is 16.5. The van der Waals surface area contributed by atoms with Crippen molar-refractivity contribution in [2.24, 2.45) is 5.92 Å². The van der Waals surface area contributed by atoms with Crippen LogP contribution in [0.15, 0.2) is 48.5 Å². The van der Waals surface area contributed by atoms with Crippen LogP contribution in [0.25, 0.3) is 0 Å². The number of aryl methyl sites for hydroxylation is 1. The van der Waals surface area contributed by atoms with Gasteiger partial charge in [0, 0.05) is 18.6 Å². The summed E-state index contributed by atoms with van der Waals surface area (Å²) in [5, 5.41) is 0. The molecule has 2 aromatic carbocycles. The molecule has 0 bridgehead atoms. The second kappa shape index (κ2) is 7.40. The molecule has 1 aliphatic rings. The minimum atomic E-state index is -0.00701. The molecular weight excluding hydrogens is 296 g/mol. The molecule has 0 spiro atoms. The Morgan fingerprint density at radius 3 is 2.04 bits per heavy atom. The van der Waals surface area contributed by atoms with Crippen LogP contribution in [-0.4, -0.2) is 19.8 Å². The third-order valence-electron chi connectivity index (χ3n) is 5.18. The van der Waals surface area contributed by atoms with Crippen LogP contribution in [0.3, 0.4) is 0 Å². The molecule has 0 amide bonds. The molecule has 3 rings (SSSR count). The van der Waals surface area contributed by atoms with E-state index in [1.54, 1.807) is 0 Å². The fourth-order valence-electron chi connectivity index (χ4n) is 3.23. The van der Waals surface area contributed by atoms with E-state index in [4.69, 9.17) is 9.47 Å². The van der Waals surface area contributed by atoms with Gasteiger partial charge in [0.05, 0.1) is 6.61 Å². The third kappa shape index (κ3) is 3.99. The summed E-state index contributed by atoms with van der Waals surface area (Å²) in [5.41, 5.74) is 3.94. The Balaban J connectivity index is 1.65. The molecule has 2 heteroatoms. The quantitative estimate of drug-likeness (QED) is 0.759. The largest absolute Gasteiger partial charge is 0.493 e. The SMILES string of the molecule is Cc1ccc(C(C)(C)c2ccc(OCC3CCOCC3)cc2)cc1. The molecule has 2 aromatic rings. The first-order valence-corrected chi connectivity index (χ1v) is 8.94. The van der Waals surface area contributed by atoms with Crippen LogP contribution in [0.4, 0.5) is 0 Å². The summed E-state index contributed by atoms with van der Waals surface area (Å²) >= 11 is 0. The number of ether oxygens (including phenoxy) is 2. The summed E-state index contributed by atoms with van der Waals surface area (Å²) in [6, 6.07) is 17.4. The highest BCUT2D eigenvalue weighted by Crippen LogP contribution is 2.32. The van der Waals surface area contributed by atoms with Crippen LogP contribution in [0.1, 0.15) is 43.4 Å². The maximum absolute atomic E-state index is 5.98. The summed E-state index contributed by atoms with van der Waals surface area (Å²) in [5.74, 6) is 1.59. The van der Waals surface area contributed by atoms with Crippen molar-refractivity contribution in [2.45, 2.75) is 39.0 Å². The molecule has 1 aliphatic heterocycles. The molecule has 24 heavy (non-hydrogen) atoms. The van der Waals surface area contributed by atoms with Gasteiger partial charge in [-0.15, -0.1) is 0 Å². The molecule has 2 nitrogen and oxygen atoms in total. The van der Waals surface area contributed by atoms with E-state index in [1.165, 1.54) is 16.7 Å². The number of rotatable bonds is 5. The highest BCUT2D eigenvalue weighted by Gasteiger charge is 2.23. The molecule has 0 aliphatic carbocycles. The molecule has 1 heterocycles. The van der Waals surface area contributed by atoms with Crippen molar-refractivity contribution in [1.82, 2.24) is 0 Å². The monoisotopic (exact) mass is 324 g/mol. The van der Waals surface area contributed by atoms with Crippen molar-refractivity contribution < 1.29 is 9.47 Å². The van der Waals surface area contributed by atoms with Gasteiger partial charge in [-0.3, -0.25) is 0 Å². The normalized spacial score (nSPS) is 16.1. The molecule has 1 saturated heterocycles. The predicted molar refractivity (Wildman–Crippen MR) is 98.8 cm³/mol. The summed E-state index contributed by atoms with van der Waals surface area (Å²) < 4.78 is 11.4. The van der Waals surface area contributed by atoms with E-state index in [2.05, 4.69) is 69.3 Å². The fourth-order valence-corrected chi connectivity index (χ4v) is 3.23. The van der Waals surface area contributed by atoms with E-state index in [-0.39, 0.29) is 5.41 Å². The van der Waals surface area contributed by atoms with Crippen LogP contribution in [-0.2, 0) is 10.2 Å². The van der Waals surface area contributed by atoms with Gasteiger partial charge in [0.15, 0.2) is 0 Å². The maximum Gasteiger partial charge on any atom is 0.119 e. The standard InChI is InChI=1S/C22H28O2/c1-17-4-6-19(7-5-17)22(2,3)20-8-10-21(11-9-20)24-16-18-12-14-23-15-13-18/h4-11,18H,12-16H2,1-3H3. The Morgan fingerprint density at radius 2 is 1.46 bits per heavy atom. The lowest BCUT2D eigenvalue weighted by molar-refractivity contribution is 0.0497. The van der Waals surface area contributed by atoms with Gasteiger partial charge in [-0.1, -0.05) is 55.8 Å².